The standard InChI is InChI=1S/C10H15.CH3.2ClH.Ti/c1-7-6-10(4,5)9(3)8(7)2;;;;/h1-5H3;1H3;2*1H;/q;;;;+2/p-2. The quantitative estimate of drug-likeness (QED) is 0.473. The van der Waals surface area contributed by atoms with E-state index in [9.17, 15) is 0 Å². The molecule has 0 aromatic heterocycles. The molecule has 0 heterocycles. The van der Waals surface area contributed by atoms with Crippen LogP contribution in [0.3, 0.4) is 0 Å². The Kier molecular flexibility index (Phi) is 7.05. The van der Waals surface area contributed by atoms with Gasteiger partial charge in [-0.05, 0) is 0 Å². The van der Waals surface area contributed by atoms with E-state index in [1.807, 2.05) is 0 Å². The third-order valence-corrected chi connectivity index (χ3v) is 5.65. The van der Waals surface area contributed by atoms with Gasteiger partial charge in [-0.25, -0.2) is 0 Å². The van der Waals surface area contributed by atoms with Crippen LogP contribution in [0.25, 0.3) is 0 Å². The molecule has 0 aromatic rings. The normalized spacial score (nSPS) is 18.7. The number of hydrogen-bond donors (Lipinski definition) is 0. The molecule has 0 fully saturated rings. The van der Waals surface area contributed by atoms with Crippen molar-refractivity contribution in [3.63, 3.8) is 0 Å². The Labute approximate surface area is 109 Å². The maximum atomic E-state index is 2.38. The molecule has 0 saturated carbocycles. The molecule has 0 aliphatic heterocycles. The fraction of sp³-hybridized carbons (Fsp3) is 0.636. The molecular weight excluding hydrogens is 251 g/mol. The van der Waals surface area contributed by atoms with Gasteiger partial charge in [-0.2, -0.15) is 0 Å². The van der Waals surface area contributed by atoms with Crippen LogP contribution in [0.5, 0.6) is 0 Å². The van der Waals surface area contributed by atoms with Gasteiger partial charge in [0.15, 0.2) is 0 Å². The molecule has 0 spiro atoms. The Balaban J connectivity index is 0. The maximum absolute atomic E-state index is 2.38. The summed E-state index contributed by atoms with van der Waals surface area (Å²) >= 11 is 0.131. The molecule has 1 rings (SSSR count). The van der Waals surface area contributed by atoms with Crippen molar-refractivity contribution >= 4 is 0 Å². The van der Waals surface area contributed by atoms with Crippen molar-refractivity contribution in [2.45, 2.75) is 39.8 Å². The number of allylic oxidation sites excluding steroid dienone is 4. The number of halogens is 2. The van der Waals surface area contributed by atoms with Crippen molar-refractivity contribution in [2.24, 2.45) is 5.41 Å². The van der Waals surface area contributed by atoms with E-state index < -0.39 is 0 Å². The third kappa shape index (κ3) is 2.47. The van der Waals surface area contributed by atoms with Crippen LogP contribution < -0.4 is 24.8 Å². The molecule has 0 nitrogen and oxygen atoms in total. The molecule has 0 amide bonds. The first-order valence-corrected chi connectivity index (χ1v) is 6.84. The molecule has 0 unspecified atom stereocenters. The van der Waals surface area contributed by atoms with Crippen LogP contribution in [0.15, 0.2) is 20.6 Å². The first-order chi connectivity index (χ1) is 5.42. The van der Waals surface area contributed by atoms with Crippen molar-refractivity contribution in [3.05, 3.63) is 20.6 Å². The van der Waals surface area contributed by atoms with Crippen molar-refractivity contribution in [3.8, 4) is 0 Å². The summed E-state index contributed by atoms with van der Waals surface area (Å²) < 4.78 is 1.75. The number of hydrogen-bond acceptors (Lipinski definition) is 0. The molecule has 0 radical (unpaired) electrons. The summed E-state index contributed by atoms with van der Waals surface area (Å²) in [7, 11) is 0. The maximum Gasteiger partial charge on any atom is -1.00 e. The molecule has 0 bridgehead atoms. The molecule has 1 aliphatic carbocycles. The van der Waals surface area contributed by atoms with E-state index in [-0.39, 0.29) is 44.0 Å². The zero-order chi connectivity index (χ0) is 9.52. The van der Waals surface area contributed by atoms with Crippen molar-refractivity contribution in [1.29, 1.82) is 0 Å². The average molecular weight is 269 g/mol. The Morgan fingerprint density at radius 2 is 1.36 bits per heavy atom. The van der Waals surface area contributed by atoms with Crippen LogP contribution in [0.4, 0.5) is 0 Å². The van der Waals surface area contributed by atoms with Gasteiger partial charge in [0.2, 0.25) is 0 Å². The van der Waals surface area contributed by atoms with E-state index in [1.54, 1.807) is 20.6 Å². The summed E-state index contributed by atoms with van der Waals surface area (Å²) in [5, 5.41) is 2.38. The van der Waals surface area contributed by atoms with Crippen LogP contribution in [-0.4, -0.2) is 0 Å². The fourth-order valence-corrected chi connectivity index (χ4v) is 4.24. The fourth-order valence-electron chi connectivity index (χ4n) is 2.09. The topological polar surface area (TPSA) is 0 Å². The zero-order valence-electron chi connectivity index (χ0n) is 9.76. The van der Waals surface area contributed by atoms with Gasteiger partial charge in [-0.3, -0.25) is 0 Å². The van der Waals surface area contributed by atoms with Gasteiger partial charge < -0.3 is 24.8 Å². The van der Waals surface area contributed by atoms with Crippen molar-refractivity contribution in [1.82, 2.24) is 0 Å². The Morgan fingerprint density at radius 1 is 0.929 bits per heavy atom. The van der Waals surface area contributed by atoms with E-state index in [2.05, 4.69) is 39.8 Å². The minimum Gasteiger partial charge on any atom is -1.00 e. The summed E-state index contributed by atoms with van der Waals surface area (Å²) in [6.45, 7) is 11.6. The molecule has 80 valence electrons. The van der Waals surface area contributed by atoms with Gasteiger partial charge in [-0.1, -0.05) is 0 Å². The molecule has 3 heteroatoms. The molecule has 14 heavy (non-hydrogen) atoms. The van der Waals surface area contributed by atoms with Gasteiger partial charge in [0.1, 0.15) is 0 Å². The monoisotopic (exact) mass is 268 g/mol. The largest absolute Gasteiger partial charge is 1.00 e. The van der Waals surface area contributed by atoms with Gasteiger partial charge in [0, 0.05) is 0 Å². The van der Waals surface area contributed by atoms with Gasteiger partial charge in [0.25, 0.3) is 0 Å². The smallest absolute Gasteiger partial charge is 1.00 e. The summed E-state index contributed by atoms with van der Waals surface area (Å²) in [4.78, 5) is 0. The van der Waals surface area contributed by atoms with E-state index in [0.717, 1.165) is 0 Å². The van der Waals surface area contributed by atoms with E-state index in [0.29, 0.717) is 5.41 Å². The average Bonchev–Trinajstić information content (AvgIpc) is 2.13. The van der Waals surface area contributed by atoms with Crippen LogP contribution in [0, 0.1) is 5.41 Å². The van der Waals surface area contributed by atoms with E-state index >= 15 is 0 Å². The minimum atomic E-state index is 0. The predicted octanol–water partition coefficient (Wildman–Crippen LogP) is -2.22. The molecular formula is C11H18Cl2Ti. The van der Waals surface area contributed by atoms with Crippen molar-refractivity contribution < 1.29 is 44.0 Å². The molecule has 0 aromatic carbocycles. The first-order valence-electron chi connectivity index (χ1n) is 4.50. The van der Waals surface area contributed by atoms with E-state index in [1.165, 1.54) is 0 Å². The predicted molar refractivity (Wildman–Crippen MR) is 50.7 cm³/mol. The summed E-state index contributed by atoms with van der Waals surface area (Å²) in [6, 6.07) is 0. The van der Waals surface area contributed by atoms with Crippen LogP contribution in [0.1, 0.15) is 34.6 Å². The van der Waals surface area contributed by atoms with Crippen LogP contribution in [-0.2, 0) is 19.2 Å². The summed E-state index contributed by atoms with van der Waals surface area (Å²) in [5.74, 6) is 0. The molecule has 1 aliphatic rings. The number of rotatable bonds is 1. The SMILES string of the molecule is [CH3][Ti+2][C]1=C(C)C(C)=C(C)C1(C)C.[Cl-].[Cl-]. The minimum absolute atomic E-state index is 0. The van der Waals surface area contributed by atoms with Crippen molar-refractivity contribution in [2.75, 3.05) is 0 Å². The third-order valence-electron chi connectivity index (χ3n) is 3.31. The van der Waals surface area contributed by atoms with Crippen LogP contribution >= 0.6 is 0 Å². The zero-order valence-corrected chi connectivity index (χ0v) is 12.8. The second-order valence-electron chi connectivity index (χ2n) is 4.12. The van der Waals surface area contributed by atoms with Gasteiger partial charge in [-0.15, -0.1) is 0 Å². The second-order valence-corrected chi connectivity index (χ2v) is 5.69. The Bertz CT molecular complexity index is 275. The Hall–Kier alpha value is 0.774. The summed E-state index contributed by atoms with van der Waals surface area (Å²) in [6.07, 6.45) is 0. The Morgan fingerprint density at radius 3 is 1.50 bits per heavy atom. The van der Waals surface area contributed by atoms with Crippen LogP contribution in [0.2, 0.25) is 5.23 Å². The molecule has 0 atom stereocenters. The van der Waals surface area contributed by atoms with Gasteiger partial charge >= 0.3 is 85.0 Å². The first kappa shape index (κ1) is 17.2. The van der Waals surface area contributed by atoms with Gasteiger partial charge in [0.05, 0.1) is 0 Å². The van der Waals surface area contributed by atoms with E-state index in [4.69, 9.17) is 0 Å². The molecule has 0 saturated heterocycles. The molecule has 0 N–H and O–H groups in total. The summed E-state index contributed by atoms with van der Waals surface area (Å²) in [5.41, 5.74) is 5.09. The second kappa shape index (κ2) is 5.75.